The number of thiophene rings is 1. The fourth-order valence-corrected chi connectivity index (χ4v) is 5.63. The van der Waals surface area contributed by atoms with Crippen LogP contribution in [0.15, 0.2) is 17.1 Å². The summed E-state index contributed by atoms with van der Waals surface area (Å²) < 4.78 is 0. The molecule has 142 valence electrons. The lowest BCUT2D eigenvalue weighted by Crippen LogP contribution is -2.57. The first kappa shape index (κ1) is 21.3. The molecule has 25 heavy (non-hydrogen) atoms. The minimum Gasteiger partial charge on any atom is -0.355 e. The fraction of sp³-hybridized carbons (Fsp3) is 0.722. The maximum Gasteiger partial charge on any atom is 0.191 e. The van der Waals surface area contributed by atoms with E-state index in [-0.39, 0.29) is 24.0 Å². The van der Waals surface area contributed by atoms with Gasteiger partial charge in [0.2, 0.25) is 0 Å². The molecular weight excluding hydrogens is 463 g/mol. The molecule has 2 heterocycles. The topological polar surface area (TPSA) is 39.7 Å². The van der Waals surface area contributed by atoms with Crippen LogP contribution in [0.25, 0.3) is 0 Å². The standard InChI is InChI=1S/C18H30N4S2.HI/c1-15-5-6-16(24-15)13-20-17(19-2)21-14-18(7-3-4-8-18)22-9-11-23-12-10-22;/h5-6H,3-4,7-14H2,1-2H3,(H2,19,20,21);1H. The molecule has 0 unspecified atom stereocenters. The highest BCUT2D eigenvalue weighted by atomic mass is 127. The number of aryl methyl sites for hydroxylation is 1. The second-order valence-electron chi connectivity index (χ2n) is 6.82. The van der Waals surface area contributed by atoms with Crippen LogP contribution in [0, 0.1) is 6.92 Å². The molecule has 0 bridgehead atoms. The first-order valence-corrected chi connectivity index (χ1v) is 11.0. The van der Waals surface area contributed by atoms with Gasteiger partial charge in [0.15, 0.2) is 5.96 Å². The molecule has 2 N–H and O–H groups in total. The van der Waals surface area contributed by atoms with Gasteiger partial charge in [0.05, 0.1) is 6.54 Å². The first-order chi connectivity index (χ1) is 11.7. The predicted octanol–water partition coefficient (Wildman–Crippen LogP) is 3.70. The largest absolute Gasteiger partial charge is 0.355 e. The molecule has 1 aromatic rings. The number of hydrogen-bond donors (Lipinski definition) is 2. The third-order valence-electron chi connectivity index (χ3n) is 5.25. The number of nitrogens with zero attached hydrogens (tertiary/aromatic N) is 2. The van der Waals surface area contributed by atoms with Crippen molar-refractivity contribution in [1.82, 2.24) is 15.5 Å². The summed E-state index contributed by atoms with van der Waals surface area (Å²) in [7, 11) is 1.87. The van der Waals surface area contributed by atoms with Crippen molar-refractivity contribution in [3.05, 3.63) is 21.9 Å². The highest BCUT2D eigenvalue weighted by Gasteiger charge is 2.39. The van der Waals surface area contributed by atoms with Gasteiger partial charge in [-0.1, -0.05) is 12.8 Å². The van der Waals surface area contributed by atoms with Crippen LogP contribution in [0.5, 0.6) is 0 Å². The third-order valence-corrected chi connectivity index (χ3v) is 7.19. The first-order valence-electron chi connectivity index (χ1n) is 9.04. The Morgan fingerprint density at radius 1 is 1.20 bits per heavy atom. The van der Waals surface area contributed by atoms with Gasteiger partial charge in [0.1, 0.15) is 0 Å². The summed E-state index contributed by atoms with van der Waals surface area (Å²) in [5.74, 6) is 3.50. The molecule has 0 amide bonds. The molecule has 0 aromatic carbocycles. The van der Waals surface area contributed by atoms with E-state index in [1.807, 2.05) is 18.4 Å². The molecule has 1 aliphatic carbocycles. The molecule has 2 fully saturated rings. The molecular formula is C18H31IN4S2. The van der Waals surface area contributed by atoms with Gasteiger partial charge < -0.3 is 10.6 Å². The number of rotatable bonds is 5. The van der Waals surface area contributed by atoms with Crippen molar-refractivity contribution >= 4 is 53.0 Å². The molecule has 2 aliphatic rings. The monoisotopic (exact) mass is 494 g/mol. The maximum atomic E-state index is 4.42. The van der Waals surface area contributed by atoms with E-state index < -0.39 is 0 Å². The summed E-state index contributed by atoms with van der Waals surface area (Å²) in [6.07, 6.45) is 5.38. The zero-order chi connectivity index (χ0) is 16.8. The van der Waals surface area contributed by atoms with E-state index in [1.54, 1.807) is 0 Å². The van der Waals surface area contributed by atoms with Gasteiger partial charge in [-0.2, -0.15) is 11.8 Å². The van der Waals surface area contributed by atoms with Crippen molar-refractivity contribution in [3.8, 4) is 0 Å². The Bertz CT molecular complexity index is 549. The van der Waals surface area contributed by atoms with Gasteiger partial charge >= 0.3 is 0 Å². The number of aliphatic imine (C=N–C) groups is 1. The molecule has 0 atom stereocenters. The van der Waals surface area contributed by atoms with E-state index in [0.29, 0.717) is 5.54 Å². The van der Waals surface area contributed by atoms with Crippen molar-refractivity contribution in [2.45, 2.75) is 44.7 Å². The summed E-state index contributed by atoms with van der Waals surface area (Å²) in [5.41, 5.74) is 0.345. The van der Waals surface area contributed by atoms with E-state index in [0.717, 1.165) is 19.0 Å². The van der Waals surface area contributed by atoms with E-state index in [2.05, 4.69) is 51.3 Å². The smallest absolute Gasteiger partial charge is 0.191 e. The van der Waals surface area contributed by atoms with Crippen LogP contribution in [0.1, 0.15) is 35.4 Å². The molecule has 1 aromatic heterocycles. The lowest BCUT2D eigenvalue weighted by molar-refractivity contribution is 0.107. The molecule has 1 saturated heterocycles. The van der Waals surface area contributed by atoms with Crippen LogP contribution in [0.4, 0.5) is 0 Å². The van der Waals surface area contributed by atoms with Crippen LogP contribution < -0.4 is 10.6 Å². The summed E-state index contributed by atoms with van der Waals surface area (Å²) in [4.78, 5) is 9.90. The van der Waals surface area contributed by atoms with E-state index in [1.165, 1.54) is 60.0 Å². The Morgan fingerprint density at radius 3 is 2.52 bits per heavy atom. The maximum absolute atomic E-state index is 4.42. The van der Waals surface area contributed by atoms with Crippen LogP contribution >= 0.6 is 47.1 Å². The molecule has 3 rings (SSSR count). The Morgan fingerprint density at radius 2 is 1.92 bits per heavy atom. The van der Waals surface area contributed by atoms with Gasteiger partial charge in [-0.15, -0.1) is 35.3 Å². The van der Waals surface area contributed by atoms with Gasteiger partial charge in [0, 0.05) is 53.5 Å². The zero-order valence-corrected chi connectivity index (χ0v) is 19.3. The highest BCUT2D eigenvalue weighted by Crippen LogP contribution is 2.36. The third kappa shape index (κ3) is 5.74. The Kier molecular flexibility index (Phi) is 8.84. The lowest BCUT2D eigenvalue weighted by atomic mass is 9.94. The predicted molar refractivity (Wildman–Crippen MR) is 123 cm³/mol. The van der Waals surface area contributed by atoms with E-state index in [4.69, 9.17) is 0 Å². The normalized spacial score (nSPS) is 21.0. The van der Waals surface area contributed by atoms with Crippen molar-refractivity contribution < 1.29 is 0 Å². The Labute approximate surface area is 177 Å². The number of guanidine groups is 1. The number of halogens is 1. The molecule has 1 aliphatic heterocycles. The van der Waals surface area contributed by atoms with Crippen molar-refractivity contribution in [3.63, 3.8) is 0 Å². The second-order valence-corrected chi connectivity index (χ2v) is 9.42. The van der Waals surface area contributed by atoms with Gasteiger partial charge in [-0.25, -0.2) is 0 Å². The zero-order valence-electron chi connectivity index (χ0n) is 15.3. The SMILES string of the molecule is CN=C(NCc1ccc(C)s1)NCC1(N2CCSCC2)CCCC1.I. The average molecular weight is 495 g/mol. The van der Waals surface area contributed by atoms with Gasteiger partial charge in [-0.3, -0.25) is 9.89 Å². The Hall–Kier alpha value is 0.01000. The number of nitrogens with one attached hydrogen (secondary N) is 2. The summed E-state index contributed by atoms with van der Waals surface area (Å²) >= 11 is 3.95. The van der Waals surface area contributed by atoms with Crippen LogP contribution in [0.2, 0.25) is 0 Å². The average Bonchev–Trinajstić information content (AvgIpc) is 3.26. The van der Waals surface area contributed by atoms with Crippen molar-refractivity contribution in [1.29, 1.82) is 0 Å². The molecule has 0 spiro atoms. The lowest BCUT2D eigenvalue weighted by Gasteiger charge is -2.43. The van der Waals surface area contributed by atoms with Gasteiger partial charge in [-0.05, 0) is 31.9 Å². The number of hydrogen-bond acceptors (Lipinski definition) is 4. The van der Waals surface area contributed by atoms with Crippen molar-refractivity contribution in [2.24, 2.45) is 4.99 Å². The van der Waals surface area contributed by atoms with Crippen LogP contribution in [-0.4, -0.2) is 54.6 Å². The summed E-state index contributed by atoms with van der Waals surface area (Å²) in [5, 5.41) is 7.09. The number of thioether (sulfide) groups is 1. The van der Waals surface area contributed by atoms with Gasteiger partial charge in [0.25, 0.3) is 0 Å². The molecule has 1 saturated carbocycles. The van der Waals surface area contributed by atoms with E-state index >= 15 is 0 Å². The van der Waals surface area contributed by atoms with Crippen molar-refractivity contribution in [2.75, 3.05) is 38.2 Å². The fourth-order valence-electron chi connectivity index (χ4n) is 3.90. The summed E-state index contributed by atoms with van der Waals surface area (Å²) in [6, 6.07) is 4.38. The second kappa shape index (κ2) is 10.4. The minimum absolute atomic E-state index is 0. The summed E-state index contributed by atoms with van der Waals surface area (Å²) in [6.45, 7) is 6.51. The van der Waals surface area contributed by atoms with Crippen LogP contribution in [0.3, 0.4) is 0 Å². The van der Waals surface area contributed by atoms with Crippen LogP contribution in [-0.2, 0) is 6.54 Å². The highest BCUT2D eigenvalue weighted by molar-refractivity contribution is 14.0. The molecule has 0 radical (unpaired) electrons. The quantitative estimate of drug-likeness (QED) is 0.372. The molecule has 4 nitrogen and oxygen atoms in total. The minimum atomic E-state index is 0. The Balaban J connectivity index is 0.00000225. The molecule has 7 heteroatoms. The van der Waals surface area contributed by atoms with E-state index in [9.17, 15) is 0 Å².